The monoisotopic (exact) mass is 371 g/mol. The van der Waals surface area contributed by atoms with Crippen molar-refractivity contribution >= 4 is 33.2 Å². The molecule has 2 N–H and O–H groups in total. The summed E-state index contributed by atoms with van der Waals surface area (Å²) in [6, 6.07) is 5.34. The first-order valence-corrected chi connectivity index (χ1v) is 9.00. The average Bonchev–Trinajstić information content (AvgIpc) is 2.87. The Kier molecular flexibility index (Phi) is 6.32. The Morgan fingerprint density at radius 1 is 1.29 bits per heavy atom. The number of aromatic nitrogens is 2. The van der Waals surface area contributed by atoms with Gasteiger partial charge in [0, 0.05) is 30.4 Å². The van der Waals surface area contributed by atoms with E-state index in [1.807, 2.05) is 0 Å². The molecule has 0 amide bonds. The van der Waals surface area contributed by atoms with E-state index >= 15 is 0 Å². The summed E-state index contributed by atoms with van der Waals surface area (Å²) in [5.41, 5.74) is -0.0661. The summed E-state index contributed by atoms with van der Waals surface area (Å²) in [4.78, 5) is 30.3. The molecular formula is C13H13N3O6S2. The number of pyridine rings is 1. The van der Waals surface area contributed by atoms with E-state index in [0.717, 1.165) is 0 Å². The van der Waals surface area contributed by atoms with Crippen LogP contribution in [0.2, 0.25) is 0 Å². The van der Waals surface area contributed by atoms with E-state index in [1.165, 1.54) is 46.0 Å². The van der Waals surface area contributed by atoms with Crippen molar-refractivity contribution < 1.29 is 24.8 Å². The van der Waals surface area contributed by atoms with Crippen LogP contribution in [0.1, 0.15) is 12.8 Å². The Balaban J connectivity index is 1.66. The van der Waals surface area contributed by atoms with Crippen molar-refractivity contribution in [1.29, 1.82) is 0 Å². The third kappa shape index (κ3) is 5.06. The Morgan fingerprint density at radius 2 is 2.00 bits per heavy atom. The molecule has 0 spiro atoms. The Morgan fingerprint density at radius 3 is 2.58 bits per heavy atom. The van der Waals surface area contributed by atoms with Gasteiger partial charge >= 0.3 is 5.97 Å². The lowest BCUT2D eigenvalue weighted by Crippen LogP contribution is -2.18. The van der Waals surface area contributed by atoms with E-state index in [9.17, 15) is 25.1 Å². The standard InChI is InChI=1S/C13H13N3O6S2/c17-11-5-6-12(18)15(11)22-13(19)2-1-7-23-24-10-4-3-9(8-14-10)16(20)21/h3-6,8,17-18H,1-2,7H2. The lowest BCUT2D eigenvalue weighted by atomic mass is 10.3. The molecule has 0 aromatic carbocycles. The van der Waals surface area contributed by atoms with Gasteiger partial charge in [-0.25, -0.2) is 9.78 Å². The van der Waals surface area contributed by atoms with Crippen molar-refractivity contribution in [2.75, 3.05) is 5.75 Å². The Bertz CT molecular complexity index is 699. The smallest absolute Gasteiger partial charge is 0.333 e. The maximum Gasteiger partial charge on any atom is 0.333 e. The molecule has 0 aliphatic heterocycles. The molecule has 0 unspecified atom stereocenters. The van der Waals surface area contributed by atoms with Gasteiger partial charge in [0.15, 0.2) is 0 Å². The molecule has 9 nitrogen and oxygen atoms in total. The van der Waals surface area contributed by atoms with Crippen molar-refractivity contribution in [2.24, 2.45) is 0 Å². The van der Waals surface area contributed by atoms with Crippen LogP contribution >= 0.6 is 21.6 Å². The molecule has 0 atom stereocenters. The fourth-order valence-electron chi connectivity index (χ4n) is 1.55. The topological polar surface area (TPSA) is 128 Å². The molecule has 0 fully saturated rings. The molecule has 2 heterocycles. The summed E-state index contributed by atoms with van der Waals surface area (Å²) in [5, 5.41) is 29.8. The normalized spacial score (nSPS) is 10.5. The molecule has 11 heteroatoms. The molecule has 128 valence electrons. The maximum atomic E-state index is 11.6. The maximum absolute atomic E-state index is 11.6. The van der Waals surface area contributed by atoms with Crippen molar-refractivity contribution in [1.82, 2.24) is 9.71 Å². The largest absolute Gasteiger partial charge is 0.492 e. The number of rotatable bonds is 8. The fraction of sp³-hybridized carbons (Fsp3) is 0.231. The molecular weight excluding hydrogens is 358 g/mol. The average molecular weight is 371 g/mol. The summed E-state index contributed by atoms with van der Waals surface area (Å²) in [6.07, 6.45) is 1.82. The third-order valence-corrected chi connectivity index (χ3v) is 5.03. The Labute approximate surface area is 144 Å². The van der Waals surface area contributed by atoms with Crippen molar-refractivity contribution in [3.05, 3.63) is 40.6 Å². The molecule has 0 aliphatic carbocycles. The number of hydrogen-bond donors (Lipinski definition) is 2. The number of carbonyl (C=O) groups excluding carboxylic acids is 1. The quantitative estimate of drug-likeness (QED) is 0.311. The predicted molar refractivity (Wildman–Crippen MR) is 87.8 cm³/mol. The SMILES string of the molecule is O=C(CCCSSc1ccc([N+](=O)[O-])cn1)On1c(O)ccc1O. The van der Waals surface area contributed by atoms with Crippen LogP contribution < -0.4 is 4.84 Å². The molecule has 0 aliphatic rings. The lowest BCUT2D eigenvalue weighted by Gasteiger charge is -2.06. The highest BCUT2D eigenvalue weighted by Gasteiger charge is 2.12. The van der Waals surface area contributed by atoms with E-state index in [-0.39, 0.29) is 23.9 Å². The number of nitro groups is 1. The highest BCUT2D eigenvalue weighted by atomic mass is 33.1. The van der Waals surface area contributed by atoms with Crippen LogP contribution in [0.5, 0.6) is 11.8 Å². The van der Waals surface area contributed by atoms with Crippen LogP contribution in [0, 0.1) is 10.1 Å². The highest BCUT2D eigenvalue weighted by molar-refractivity contribution is 8.76. The van der Waals surface area contributed by atoms with Gasteiger partial charge in [-0.05, 0) is 23.3 Å². The van der Waals surface area contributed by atoms with E-state index in [1.54, 1.807) is 6.07 Å². The zero-order chi connectivity index (χ0) is 17.5. The zero-order valence-electron chi connectivity index (χ0n) is 12.2. The van der Waals surface area contributed by atoms with Gasteiger partial charge < -0.3 is 15.1 Å². The van der Waals surface area contributed by atoms with Crippen molar-refractivity contribution in [3.8, 4) is 11.8 Å². The van der Waals surface area contributed by atoms with Gasteiger partial charge in [0.1, 0.15) is 11.2 Å². The second-order valence-electron chi connectivity index (χ2n) is 4.43. The van der Waals surface area contributed by atoms with Gasteiger partial charge in [-0.2, -0.15) is 0 Å². The molecule has 24 heavy (non-hydrogen) atoms. The minimum atomic E-state index is -0.587. The molecule has 0 saturated heterocycles. The van der Waals surface area contributed by atoms with Gasteiger partial charge in [-0.15, -0.1) is 4.73 Å². The number of aromatic hydroxyl groups is 2. The van der Waals surface area contributed by atoms with E-state index in [4.69, 9.17) is 4.84 Å². The highest BCUT2D eigenvalue weighted by Crippen LogP contribution is 2.30. The zero-order valence-corrected chi connectivity index (χ0v) is 13.8. The second kappa shape index (κ2) is 8.45. The minimum absolute atomic E-state index is 0.0661. The van der Waals surface area contributed by atoms with Gasteiger partial charge in [-0.1, -0.05) is 10.8 Å². The number of nitrogens with zero attached hydrogens (tertiary/aromatic N) is 3. The molecule has 0 radical (unpaired) electrons. The summed E-state index contributed by atoms with van der Waals surface area (Å²) in [7, 11) is 2.80. The molecule has 2 rings (SSSR count). The summed E-state index contributed by atoms with van der Waals surface area (Å²) >= 11 is 0. The lowest BCUT2D eigenvalue weighted by molar-refractivity contribution is -0.385. The molecule has 0 bridgehead atoms. The van der Waals surface area contributed by atoms with Crippen LogP contribution in [-0.4, -0.2) is 36.6 Å². The molecule has 0 saturated carbocycles. The molecule has 2 aromatic rings. The van der Waals surface area contributed by atoms with Crippen molar-refractivity contribution in [3.63, 3.8) is 0 Å². The molecule has 2 aromatic heterocycles. The second-order valence-corrected chi connectivity index (χ2v) is 6.86. The fourth-order valence-corrected chi connectivity index (χ4v) is 3.50. The van der Waals surface area contributed by atoms with Crippen LogP contribution in [0.15, 0.2) is 35.5 Å². The number of hydrogen-bond acceptors (Lipinski definition) is 9. The summed E-state index contributed by atoms with van der Waals surface area (Å²) in [6.45, 7) is 0. The van der Waals surface area contributed by atoms with Crippen LogP contribution in [-0.2, 0) is 4.79 Å². The first kappa shape index (κ1) is 17.9. The van der Waals surface area contributed by atoms with Gasteiger partial charge in [0.25, 0.3) is 5.69 Å². The first-order valence-electron chi connectivity index (χ1n) is 6.68. The number of carbonyl (C=O) groups is 1. The van der Waals surface area contributed by atoms with Gasteiger partial charge in [-0.3, -0.25) is 10.1 Å². The summed E-state index contributed by atoms with van der Waals surface area (Å²) in [5.74, 6) is -0.692. The van der Waals surface area contributed by atoms with Crippen molar-refractivity contribution in [2.45, 2.75) is 17.9 Å². The van der Waals surface area contributed by atoms with E-state index in [0.29, 0.717) is 21.9 Å². The van der Waals surface area contributed by atoms with Gasteiger partial charge in [0.05, 0.1) is 4.92 Å². The van der Waals surface area contributed by atoms with E-state index in [2.05, 4.69) is 4.98 Å². The van der Waals surface area contributed by atoms with Crippen LogP contribution in [0.3, 0.4) is 0 Å². The van der Waals surface area contributed by atoms with Crippen LogP contribution in [0.25, 0.3) is 0 Å². The van der Waals surface area contributed by atoms with Crippen LogP contribution in [0.4, 0.5) is 5.69 Å². The third-order valence-electron chi connectivity index (χ3n) is 2.68. The Hall–Kier alpha value is -2.40. The summed E-state index contributed by atoms with van der Waals surface area (Å²) < 4.78 is 0.644. The minimum Gasteiger partial charge on any atom is -0.492 e. The first-order chi connectivity index (χ1) is 11.5. The predicted octanol–water partition coefficient (Wildman–Crippen LogP) is 2.38. The van der Waals surface area contributed by atoms with Gasteiger partial charge in [0.2, 0.25) is 11.8 Å². The van der Waals surface area contributed by atoms with E-state index < -0.39 is 10.9 Å².